The molecule has 1 aliphatic heterocycles. The maximum Gasteiger partial charge on any atom is 0.164 e. The Hall–Kier alpha value is -0.900. The highest BCUT2D eigenvalue weighted by Gasteiger charge is 2.17. The van der Waals surface area contributed by atoms with Crippen LogP contribution in [-0.4, -0.2) is 43.5 Å². The van der Waals surface area contributed by atoms with Crippen molar-refractivity contribution in [2.45, 2.75) is 25.4 Å². The van der Waals surface area contributed by atoms with Gasteiger partial charge in [-0.1, -0.05) is 23.7 Å². The zero-order valence-electron chi connectivity index (χ0n) is 11.3. The molecule has 1 aromatic rings. The topological polar surface area (TPSA) is 29.5 Å². The standard InChI is InChI=1S/C15H20ClNO2/c1-17(11-14-6-3-9-19-14)8-7-15(18)12-4-2-5-13(16)10-12/h2,4-5,10,14H,3,6-9,11H2,1H3. The lowest BCUT2D eigenvalue weighted by Gasteiger charge is -2.19. The smallest absolute Gasteiger partial charge is 0.164 e. The number of benzene rings is 1. The number of carbonyl (C=O) groups is 1. The fourth-order valence-corrected chi connectivity index (χ4v) is 2.52. The molecule has 1 unspecified atom stereocenters. The average molecular weight is 282 g/mol. The molecule has 0 amide bonds. The molecule has 0 saturated carbocycles. The maximum atomic E-state index is 12.0. The first-order valence-electron chi connectivity index (χ1n) is 6.74. The molecule has 1 fully saturated rings. The van der Waals surface area contributed by atoms with Gasteiger partial charge in [-0.15, -0.1) is 0 Å². The van der Waals surface area contributed by atoms with Crippen LogP contribution >= 0.6 is 11.6 Å². The first-order chi connectivity index (χ1) is 9.15. The SMILES string of the molecule is CN(CCC(=O)c1cccc(Cl)c1)CC1CCCO1. The highest BCUT2D eigenvalue weighted by molar-refractivity contribution is 6.31. The Morgan fingerprint density at radius 2 is 2.37 bits per heavy atom. The van der Waals surface area contributed by atoms with Crippen molar-refractivity contribution in [1.29, 1.82) is 0 Å². The van der Waals surface area contributed by atoms with Crippen LogP contribution in [0.5, 0.6) is 0 Å². The van der Waals surface area contributed by atoms with Crippen LogP contribution in [-0.2, 0) is 4.74 Å². The van der Waals surface area contributed by atoms with Crippen LogP contribution in [0.3, 0.4) is 0 Å². The minimum Gasteiger partial charge on any atom is -0.377 e. The molecule has 2 rings (SSSR count). The van der Waals surface area contributed by atoms with Gasteiger partial charge in [0.1, 0.15) is 0 Å². The molecule has 0 bridgehead atoms. The van der Waals surface area contributed by atoms with Crippen molar-refractivity contribution >= 4 is 17.4 Å². The van der Waals surface area contributed by atoms with Crippen LogP contribution in [0.1, 0.15) is 29.6 Å². The van der Waals surface area contributed by atoms with Gasteiger partial charge in [-0.25, -0.2) is 0 Å². The Bertz CT molecular complexity index is 430. The van der Waals surface area contributed by atoms with Crippen molar-refractivity contribution in [2.24, 2.45) is 0 Å². The molecule has 0 spiro atoms. The van der Waals surface area contributed by atoms with E-state index in [2.05, 4.69) is 4.90 Å². The fourth-order valence-electron chi connectivity index (χ4n) is 2.33. The molecule has 1 saturated heterocycles. The summed E-state index contributed by atoms with van der Waals surface area (Å²) in [5, 5.41) is 0.610. The number of halogens is 1. The van der Waals surface area contributed by atoms with Crippen molar-refractivity contribution in [2.75, 3.05) is 26.7 Å². The Kier molecular flexibility index (Phi) is 5.37. The Balaban J connectivity index is 1.76. The summed E-state index contributed by atoms with van der Waals surface area (Å²) in [5.74, 6) is 0.140. The molecule has 104 valence electrons. The van der Waals surface area contributed by atoms with Gasteiger partial charge < -0.3 is 9.64 Å². The van der Waals surface area contributed by atoms with Crippen molar-refractivity contribution in [3.05, 3.63) is 34.9 Å². The van der Waals surface area contributed by atoms with Crippen LogP contribution in [0.4, 0.5) is 0 Å². The summed E-state index contributed by atoms with van der Waals surface area (Å²) in [6, 6.07) is 7.13. The Morgan fingerprint density at radius 3 is 3.05 bits per heavy atom. The summed E-state index contributed by atoms with van der Waals surface area (Å²) in [7, 11) is 2.03. The normalized spacial score (nSPS) is 19.0. The first kappa shape index (κ1) is 14.5. The molecule has 0 aromatic heterocycles. The molecule has 0 radical (unpaired) electrons. The van der Waals surface area contributed by atoms with E-state index in [1.165, 1.54) is 0 Å². The molecule has 1 atom stereocenters. The third-order valence-electron chi connectivity index (χ3n) is 3.41. The minimum absolute atomic E-state index is 0.140. The van der Waals surface area contributed by atoms with Crippen molar-refractivity contribution in [3.8, 4) is 0 Å². The third-order valence-corrected chi connectivity index (χ3v) is 3.64. The van der Waals surface area contributed by atoms with Crippen LogP contribution < -0.4 is 0 Å². The number of nitrogens with zero attached hydrogens (tertiary/aromatic N) is 1. The quantitative estimate of drug-likeness (QED) is 0.751. The van der Waals surface area contributed by atoms with Crippen LogP contribution in [0.25, 0.3) is 0 Å². The molecule has 19 heavy (non-hydrogen) atoms. The van der Waals surface area contributed by atoms with E-state index in [1.807, 2.05) is 19.2 Å². The lowest BCUT2D eigenvalue weighted by Crippen LogP contribution is -2.30. The van der Waals surface area contributed by atoms with Gasteiger partial charge >= 0.3 is 0 Å². The van der Waals surface area contributed by atoms with E-state index >= 15 is 0 Å². The number of Topliss-reactive ketones (excluding diaryl/α,β-unsaturated/α-hetero) is 1. The predicted octanol–water partition coefficient (Wildman–Crippen LogP) is 3.02. The van der Waals surface area contributed by atoms with E-state index in [1.54, 1.807) is 12.1 Å². The molecule has 0 aliphatic carbocycles. The molecule has 1 aromatic carbocycles. The average Bonchev–Trinajstić information content (AvgIpc) is 2.88. The minimum atomic E-state index is 0.140. The molecular formula is C15H20ClNO2. The number of likely N-dealkylation sites (N-methyl/N-ethyl adjacent to an activating group) is 1. The zero-order valence-corrected chi connectivity index (χ0v) is 12.0. The molecule has 0 N–H and O–H groups in total. The first-order valence-corrected chi connectivity index (χ1v) is 7.12. The molecule has 1 aliphatic rings. The Morgan fingerprint density at radius 1 is 1.53 bits per heavy atom. The second-order valence-corrected chi connectivity index (χ2v) is 5.52. The zero-order chi connectivity index (χ0) is 13.7. The summed E-state index contributed by atoms with van der Waals surface area (Å²) < 4.78 is 5.59. The fraction of sp³-hybridized carbons (Fsp3) is 0.533. The Labute approximate surface area is 119 Å². The molecule has 4 heteroatoms. The second kappa shape index (κ2) is 7.04. The van der Waals surface area contributed by atoms with E-state index < -0.39 is 0 Å². The summed E-state index contributed by atoms with van der Waals surface area (Å²) in [6.45, 7) is 2.54. The summed E-state index contributed by atoms with van der Waals surface area (Å²) in [6.07, 6.45) is 3.14. The third kappa shape index (κ3) is 4.60. The number of ketones is 1. The molecular weight excluding hydrogens is 262 g/mol. The van der Waals surface area contributed by atoms with E-state index in [9.17, 15) is 4.79 Å². The van der Waals surface area contributed by atoms with Crippen molar-refractivity contribution in [1.82, 2.24) is 4.90 Å². The van der Waals surface area contributed by atoms with E-state index in [-0.39, 0.29) is 5.78 Å². The summed E-state index contributed by atoms with van der Waals surface area (Å²) in [4.78, 5) is 14.2. The second-order valence-electron chi connectivity index (χ2n) is 5.08. The number of ether oxygens (including phenoxy) is 1. The summed E-state index contributed by atoms with van der Waals surface area (Å²) in [5.41, 5.74) is 0.693. The van der Waals surface area contributed by atoms with Gasteiger partial charge in [0.25, 0.3) is 0 Å². The largest absolute Gasteiger partial charge is 0.377 e. The van der Waals surface area contributed by atoms with Crippen molar-refractivity contribution < 1.29 is 9.53 Å². The number of carbonyl (C=O) groups excluding carboxylic acids is 1. The number of rotatable bonds is 6. The van der Waals surface area contributed by atoms with Gasteiger partial charge in [-0.3, -0.25) is 4.79 Å². The van der Waals surface area contributed by atoms with Gasteiger partial charge in [-0.2, -0.15) is 0 Å². The van der Waals surface area contributed by atoms with Crippen molar-refractivity contribution in [3.63, 3.8) is 0 Å². The molecule has 1 heterocycles. The van der Waals surface area contributed by atoms with E-state index in [0.717, 1.165) is 32.5 Å². The lowest BCUT2D eigenvalue weighted by atomic mass is 10.1. The van der Waals surface area contributed by atoms with Crippen LogP contribution in [0.15, 0.2) is 24.3 Å². The van der Waals surface area contributed by atoms with Gasteiger partial charge in [-0.05, 0) is 32.0 Å². The van der Waals surface area contributed by atoms with E-state index in [4.69, 9.17) is 16.3 Å². The van der Waals surface area contributed by atoms with Gasteiger partial charge in [0.15, 0.2) is 5.78 Å². The van der Waals surface area contributed by atoms with Crippen LogP contribution in [0, 0.1) is 0 Å². The van der Waals surface area contributed by atoms with E-state index in [0.29, 0.717) is 23.1 Å². The maximum absolute atomic E-state index is 12.0. The highest BCUT2D eigenvalue weighted by Crippen LogP contribution is 2.14. The number of hydrogen-bond acceptors (Lipinski definition) is 3. The lowest BCUT2D eigenvalue weighted by molar-refractivity contribution is 0.0778. The monoisotopic (exact) mass is 281 g/mol. The highest BCUT2D eigenvalue weighted by atomic mass is 35.5. The predicted molar refractivity (Wildman–Crippen MR) is 76.9 cm³/mol. The number of hydrogen-bond donors (Lipinski definition) is 0. The van der Waals surface area contributed by atoms with Crippen LogP contribution in [0.2, 0.25) is 5.02 Å². The van der Waals surface area contributed by atoms with Gasteiger partial charge in [0.2, 0.25) is 0 Å². The van der Waals surface area contributed by atoms with Gasteiger partial charge in [0.05, 0.1) is 6.10 Å². The summed E-state index contributed by atoms with van der Waals surface area (Å²) >= 11 is 5.89. The molecule has 3 nitrogen and oxygen atoms in total. The van der Waals surface area contributed by atoms with Gasteiger partial charge in [0, 0.05) is 36.7 Å².